The van der Waals surface area contributed by atoms with Crippen molar-refractivity contribution in [2.24, 2.45) is 5.92 Å². The molecule has 5 rings (SSSR count). The highest BCUT2D eigenvalue weighted by atomic mass is 19.4. The Bertz CT molecular complexity index is 1560. The van der Waals surface area contributed by atoms with E-state index in [1.165, 1.54) is 43.6 Å². The van der Waals surface area contributed by atoms with E-state index in [4.69, 9.17) is 4.74 Å². The van der Waals surface area contributed by atoms with Gasteiger partial charge < -0.3 is 20.1 Å². The number of methoxy groups -OCH3 is 1. The Kier molecular flexibility index (Phi) is 9.42. The maximum atomic E-state index is 14.8. The number of nitrogens with zero attached hydrogens (tertiary/aromatic N) is 4. The molecular weight excluding hydrogens is 620 g/mol. The van der Waals surface area contributed by atoms with Gasteiger partial charge in [-0.15, -0.1) is 0 Å². The number of likely N-dealkylation sites (tertiary alicyclic amines) is 1. The van der Waals surface area contributed by atoms with E-state index in [2.05, 4.69) is 15.3 Å². The van der Waals surface area contributed by atoms with Gasteiger partial charge in [-0.2, -0.15) is 26.3 Å². The van der Waals surface area contributed by atoms with Crippen molar-refractivity contribution in [1.82, 2.24) is 14.9 Å². The van der Waals surface area contributed by atoms with Crippen LogP contribution in [0.5, 0.6) is 5.75 Å². The van der Waals surface area contributed by atoms with E-state index in [1.807, 2.05) is 0 Å². The molecule has 2 aliphatic rings. The Balaban J connectivity index is 1.47. The molecule has 246 valence electrons. The first-order valence-electron chi connectivity index (χ1n) is 14.6. The number of nitrogens with one attached hydrogen (secondary N) is 1. The fraction of sp³-hybridized carbons (Fsp3) is 0.419. The lowest BCUT2D eigenvalue weighted by atomic mass is 9.92. The molecule has 2 aromatic carbocycles. The fourth-order valence-electron chi connectivity index (χ4n) is 6.01. The molecule has 0 bridgehead atoms. The van der Waals surface area contributed by atoms with Gasteiger partial charge in [0.15, 0.2) is 0 Å². The number of hydrogen-bond donors (Lipinski definition) is 2. The van der Waals surface area contributed by atoms with Gasteiger partial charge in [0.2, 0.25) is 0 Å². The standard InChI is InChI=1S/C31H31F6N5O4/c1-46-20-6-4-18(5-7-20)21-8-9-23(27(31(35,36)37)22(21)17-42-12-2-3-25(42)30(32,33)34)40-28(43)24-15-39-26(16-38-24)41-13-10-19(11-14-41)29(44)45/h4-9,15-16,19,25H,2-3,10-14,17H2,1H3,(H,40,43)(H,44,45)/t25-/m0/s1. The summed E-state index contributed by atoms with van der Waals surface area (Å²) >= 11 is 0. The molecule has 0 aliphatic carbocycles. The SMILES string of the molecule is COc1ccc(-c2ccc(NC(=O)c3cnc(N4CCC(C(=O)O)CC4)cn3)c(C(F)(F)F)c2CN2CCC[C@H]2C(F)(F)F)cc1. The minimum atomic E-state index is -5.05. The molecule has 0 unspecified atom stereocenters. The zero-order valence-electron chi connectivity index (χ0n) is 24.7. The van der Waals surface area contributed by atoms with Crippen LogP contribution in [0.1, 0.15) is 47.3 Å². The number of carboxylic acid groups (broad SMARTS) is 1. The monoisotopic (exact) mass is 651 g/mol. The number of carbonyl (C=O) groups is 2. The lowest BCUT2D eigenvalue weighted by molar-refractivity contribution is -0.177. The molecule has 1 atom stereocenters. The van der Waals surface area contributed by atoms with Gasteiger partial charge in [0.25, 0.3) is 5.91 Å². The number of halogens is 6. The Labute approximate surface area is 260 Å². The molecule has 15 heteroatoms. The summed E-state index contributed by atoms with van der Waals surface area (Å²) < 4.78 is 91.1. The predicted octanol–water partition coefficient (Wildman–Crippen LogP) is 6.25. The van der Waals surface area contributed by atoms with Crippen LogP contribution in [0.25, 0.3) is 11.1 Å². The maximum absolute atomic E-state index is 14.8. The van der Waals surface area contributed by atoms with Crippen LogP contribution >= 0.6 is 0 Å². The number of rotatable bonds is 8. The molecule has 2 N–H and O–H groups in total. The Hall–Kier alpha value is -4.40. The van der Waals surface area contributed by atoms with Crippen LogP contribution in [-0.2, 0) is 17.5 Å². The number of amides is 1. The van der Waals surface area contributed by atoms with Gasteiger partial charge in [-0.05, 0) is 67.1 Å². The van der Waals surface area contributed by atoms with Crippen LogP contribution in [-0.4, -0.2) is 70.8 Å². The number of aliphatic carboxylic acids is 1. The van der Waals surface area contributed by atoms with Crippen molar-refractivity contribution in [3.05, 3.63) is 65.6 Å². The van der Waals surface area contributed by atoms with Gasteiger partial charge in [0.1, 0.15) is 23.3 Å². The van der Waals surface area contributed by atoms with Gasteiger partial charge in [-0.25, -0.2) is 9.97 Å². The number of hydrogen-bond acceptors (Lipinski definition) is 7. The lowest BCUT2D eigenvalue weighted by Gasteiger charge is -2.30. The van der Waals surface area contributed by atoms with E-state index in [0.717, 1.165) is 17.2 Å². The summed E-state index contributed by atoms with van der Waals surface area (Å²) in [5.41, 5.74) is -2.18. The summed E-state index contributed by atoms with van der Waals surface area (Å²) in [6.07, 6.45) is -6.55. The van der Waals surface area contributed by atoms with Crippen molar-refractivity contribution in [2.75, 3.05) is 37.0 Å². The number of anilines is 2. The minimum Gasteiger partial charge on any atom is -0.497 e. The molecule has 3 heterocycles. The van der Waals surface area contributed by atoms with Gasteiger partial charge in [-0.3, -0.25) is 14.5 Å². The van der Waals surface area contributed by atoms with E-state index in [-0.39, 0.29) is 30.6 Å². The number of ether oxygens (including phenoxy) is 1. The summed E-state index contributed by atoms with van der Waals surface area (Å²) in [5.74, 6) is -1.52. The minimum absolute atomic E-state index is 0.0456. The van der Waals surface area contributed by atoms with Crippen molar-refractivity contribution in [3.8, 4) is 16.9 Å². The molecule has 0 saturated carbocycles. The van der Waals surface area contributed by atoms with Crippen LogP contribution in [0.3, 0.4) is 0 Å². The van der Waals surface area contributed by atoms with E-state index in [0.29, 0.717) is 43.1 Å². The Morgan fingerprint density at radius 2 is 1.65 bits per heavy atom. The third-order valence-electron chi connectivity index (χ3n) is 8.39. The summed E-state index contributed by atoms with van der Waals surface area (Å²) in [7, 11) is 1.42. The van der Waals surface area contributed by atoms with E-state index >= 15 is 0 Å². The average Bonchev–Trinajstić information content (AvgIpc) is 3.50. The normalized spacial score (nSPS) is 18.1. The van der Waals surface area contributed by atoms with Crippen LogP contribution in [0.4, 0.5) is 37.8 Å². The molecule has 0 radical (unpaired) electrons. The molecule has 1 aromatic heterocycles. The lowest BCUT2D eigenvalue weighted by Crippen LogP contribution is -2.41. The van der Waals surface area contributed by atoms with Crippen molar-refractivity contribution >= 4 is 23.4 Å². The molecule has 0 spiro atoms. The van der Waals surface area contributed by atoms with Gasteiger partial charge in [0, 0.05) is 19.6 Å². The molecule has 2 saturated heterocycles. The highest BCUT2D eigenvalue weighted by Gasteiger charge is 2.47. The van der Waals surface area contributed by atoms with Gasteiger partial charge >= 0.3 is 18.3 Å². The van der Waals surface area contributed by atoms with Crippen molar-refractivity contribution in [2.45, 2.75) is 50.6 Å². The predicted molar refractivity (Wildman–Crippen MR) is 155 cm³/mol. The largest absolute Gasteiger partial charge is 0.497 e. The average molecular weight is 652 g/mol. The molecule has 2 fully saturated rings. The van der Waals surface area contributed by atoms with E-state index < -0.39 is 59.5 Å². The molecule has 9 nitrogen and oxygen atoms in total. The highest BCUT2D eigenvalue weighted by molar-refractivity contribution is 6.03. The highest BCUT2D eigenvalue weighted by Crippen LogP contribution is 2.44. The first-order chi connectivity index (χ1) is 21.8. The number of alkyl halides is 6. The summed E-state index contributed by atoms with van der Waals surface area (Å²) in [5, 5.41) is 11.4. The summed E-state index contributed by atoms with van der Waals surface area (Å²) in [6.45, 7) is 0.108. The number of carbonyl (C=O) groups excluding carboxylic acids is 1. The first-order valence-corrected chi connectivity index (χ1v) is 14.6. The van der Waals surface area contributed by atoms with Crippen molar-refractivity contribution in [3.63, 3.8) is 0 Å². The van der Waals surface area contributed by atoms with Crippen molar-refractivity contribution in [1.29, 1.82) is 0 Å². The smallest absolute Gasteiger partial charge is 0.418 e. The maximum Gasteiger partial charge on any atom is 0.418 e. The first kappa shape index (κ1) is 33.0. The molecule has 2 aliphatic heterocycles. The Morgan fingerprint density at radius 1 is 0.957 bits per heavy atom. The van der Waals surface area contributed by atoms with Crippen LogP contribution in [0.15, 0.2) is 48.8 Å². The zero-order valence-corrected chi connectivity index (χ0v) is 24.7. The number of aromatic nitrogens is 2. The second-order valence-electron chi connectivity index (χ2n) is 11.2. The molecule has 46 heavy (non-hydrogen) atoms. The van der Waals surface area contributed by atoms with Crippen molar-refractivity contribution < 1.29 is 45.8 Å². The molecule has 3 aromatic rings. The summed E-state index contributed by atoms with van der Waals surface area (Å²) in [6, 6.07) is 6.62. The number of carboxylic acids is 1. The molecule has 1 amide bonds. The zero-order chi connectivity index (χ0) is 33.2. The number of piperidine rings is 1. The second-order valence-corrected chi connectivity index (χ2v) is 11.2. The molecular formula is C31H31F6N5O4. The Morgan fingerprint density at radius 3 is 2.22 bits per heavy atom. The topological polar surface area (TPSA) is 108 Å². The van der Waals surface area contributed by atoms with Crippen LogP contribution in [0, 0.1) is 5.92 Å². The van der Waals surface area contributed by atoms with E-state index in [1.54, 1.807) is 4.90 Å². The van der Waals surface area contributed by atoms with Gasteiger partial charge in [0.05, 0.1) is 36.7 Å². The summed E-state index contributed by atoms with van der Waals surface area (Å²) in [4.78, 5) is 35.4. The quantitative estimate of drug-likeness (QED) is 0.276. The third kappa shape index (κ3) is 7.19. The van der Waals surface area contributed by atoms with E-state index in [9.17, 15) is 41.0 Å². The fourth-order valence-corrected chi connectivity index (χ4v) is 6.01. The second kappa shape index (κ2) is 13.1. The van der Waals surface area contributed by atoms with Crippen LogP contribution in [0.2, 0.25) is 0 Å². The third-order valence-corrected chi connectivity index (χ3v) is 8.39. The van der Waals surface area contributed by atoms with Gasteiger partial charge in [-0.1, -0.05) is 18.2 Å². The number of benzene rings is 2. The van der Waals surface area contributed by atoms with Crippen LogP contribution < -0.4 is 15.0 Å².